The van der Waals surface area contributed by atoms with Crippen LogP contribution in [0, 0.1) is 12.3 Å². The van der Waals surface area contributed by atoms with Crippen molar-refractivity contribution in [3.8, 4) is 12.3 Å². The van der Waals surface area contributed by atoms with Crippen LogP contribution in [0.15, 0.2) is 55.5 Å². The van der Waals surface area contributed by atoms with Crippen LogP contribution in [0.1, 0.15) is 12.0 Å². The highest BCUT2D eigenvalue weighted by Crippen LogP contribution is 2.30. The zero-order chi connectivity index (χ0) is 21.1. The van der Waals surface area contributed by atoms with Gasteiger partial charge in [-0.2, -0.15) is 0 Å². The number of nitrogens with one attached hydrogen (secondary N) is 1. The lowest BCUT2D eigenvalue weighted by atomic mass is 10.1. The summed E-state index contributed by atoms with van der Waals surface area (Å²) in [6, 6.07) is 8.12. The largest absolute Gasteiger partial charge is 0.354 e. The first kappa shape index (κ1) is 19.4. The van der Waals surface area contributed by atoms with Crippen LogP contribution in [-0.2, 0) is 4.79 Å². The minimum atomic E-state index is -0.144. The minimum Gasteiger partial charge on any atom is -0.354 e. The molecule has 3 aromatic rings. The van der Waals surface area contributed by atoms with E-state index in [-0.39, 0.29) is 11.9 Å². The average molecular weight is 398 g/mol. The van der Waals surface area contributed by atoms with E-state index in [1.165, 1.54) is 6.08 Å². The van der Waals surface area contributed by atoms with Crippen molar-refractivity contribution in [1.82, 2.24) is 15.0 Å². The van der Waals surface area contributed by atoms with Gasteiger partial charge in [0.25, 0.3) is 0 Å². The Morgan fingerprint density at radius 3 is 2.87 bits per heavy atom. The summed E-state index contributed by atoms with van der Waals surface area (Å²) in [5, 5.41) is 5.45. The number of carbonyl (C=O) groups excluding carboxylic acids is 1. The molecule has 0 unspecified atom stereocenters. The van der Waals surface area contributed by atoms with Crippen molar-refractivity contribution >= 4 is 34.1 Å². The van der Waals surface area contributed by atoms with E-state index in [4.69, 9.17) is 6.42 Å². The van der Waals surface area contributed by atoms with Crippen LogP contribution in [0.25, 0.3) is 10.8 Å². The van der Waals surface area contributed by atoms with Crippen molar-refractivity contribution in [2.45, 2.75) is 12.5 Å². The van der Waals surface area contributed by atoms with Crippen LogP contribution in [-0.4, -0.2) is 47.0 Å². The lowest BCUT2D eigenvalue weighted by Crippen LogP contribution is -2.27. The van der Waals surface area contributed by atoms with E-state index in [1.54, 1.807) is 30.5 Å². The van der Waals surface area contributed by atoms with E-state index in [9.17, 15) is 4.79 Å². The lowest BCUT2D eigenvalue weighted by Gasteiger charge is -2.21. The summed E-state index contributed by atoms with van der Waals surface area (Å²) in [6.07, 6.45) is 12.7. The Morgan fingerprint density at radius 2 is 2.13 bits per heavy atom. The zero-order valence-electron chi connectivity index (χ0n) is 16.7. The van der Waals surface area contributed by atoms with E-state index >= 15 is 0 Å². The smallest absolute Gasteiger partial charge is 0.250 e. The third kappa shape index (κ3) is 3.80. The molecular weight excluding hydrogens is 376 g/mol. The molecule has 1 amide bonds. The third-order valence-electron chi connectivity index (χ3n) is 5.26. The average Bonchev–Trinajstić information content (AvgIpc) is 3.26. The lowest BCUT2D eigenvalue weighted by molar-refractivity contribution is -0.113. The predicted molar refractivity (Wildman–Crippen MR) is 120 cm³/mol. The third-order valence-corrected chi connectivity index (χ3v) is 5.26. The van der Waals surface area contributed by atoms with Gasteiger partial charge in [-0.05, 0) is 42.1 Å². The topological polar surface area (TPSA) is 74.2 Å². The molecule has 7 heteroatoms. The van der Waals surface area contributed by atoms with Gasteiger partial charge >= 0.3 is 0 Å². The van der Waals surface area contributed by atoms with Crippen molar-refractivity contribution in [3.05, 3.63) is 61.1 Å². The summed E-state index contributed by atoms with van der Waals surface area (Å²) in [5.74, 6) is 3.88. The Labute approximate surface area is 175 Å². The molecule has 30 heavy (non-hydrogen) atoms. The molecule has 0 spiro atoms. The fourth-order valence-electron chi connectivity index (χ4n) is 3.60. The van der Waals surface area contributed by atoms with Crippen LogP contribution < -0.4 is 15.1 Å². The SMILES string of the molecule is C#Cc1cnc(N[C@@H]2CCN(c3nccc4cc(N(C)C(=O)C=C)ccc34)C2)nc1. The number of rotatable bonds is 5. The highest BCUT2D eigenvalue weighted by Gasteiger charge is 2.25. The maximum atomic E-state index is 11.9. The van der Waals surface area contributed by atoms with Gasteiger partial charge in [-0.1, -0.05) is 12.5 Å². The molecular formula is C23H22N6O. The molecule has 0 bridgehead atoms. The van der Waals surface area contributed by atoms with Gasteiger partial charge in [0.15, 0.2) is 0 Å². The van der Waals surface area contributed by atoms with Gasteiger partial charge in [-0.3, -0.25) is 4.79 Å². The molecule has 2 aromatic heterocycles. The van der Waals surface area contributed by atoms with Crippen molar-refractivity contribution in [3.63, 3.8) is 0 Å². The zero-order valence-corrected chi connectivity index (χ0v) is 16.7. The summed E-state index contributed by atoms with van der Waals surface area (Å²) in [6.45, 7) is 5.22. The van der Waals surface area contributed by atoms with Crippen molar-refractivity contribution in [2.75, 3.05) is 35.3 Å². The first-order chi connectivity index (χ1) is 14.6. The fourth-order valence-corrected chi connectivity index (χ4v) is 3.60. The predicted octanol–water partition coefficient (Wildman–Crippen LogP) is 2.85. The molecule has 1 aliphatic rings. The van der Waals surface area contributed by atoms with Crippen molar-refractivity contribution in [1.29, 1.82) is 0 Å². The highest BCUT2D eigenvalue weighted by molar-refractivity contribution is 6.03. The van der Waals surface area contributed by atoms with Gasteiger partial charge < -0.3 is 15.1 Å². The quantitative estimate of drug-likeness (QED) is 0.526. The normalized spacial score (nSPS) is 15.6. The number of carbonyl (C=O) groups is 1. The molecule has 3 heterocycles. The second kappa shape index (κ2) is 8.21. The number of anilines is 3. The first-order valence-corrected chi connectivity index (χ1v) is 9.68. The van der Waals surface area contributed by atoms with Crippen LogP contribution >= 0.6 is 0 Å². The van der Waals surface area contributed by atoms with Gasteiger partial charge in [0, 0.05) is 55.8 Å². The summed E-state index contributed by atoms with van der Waals surface area (Å²) < 4.78 is 0. The maximum Gasteiger partial charge on any atom is 0.250 e. The standard InChI is InChI=1S/C23H22N6O/c1-4-16-13-25-23(26-14-16)27-18-9-11-29(15-18)22-20-7-6-19(28(3)21(30)5-2)12-17(20)8-10-24-22/h1,5-8,10,12-14,18H,2,9,11,15H2,3H3,(H,25,26,27)/t18-/m1/s1. The first-order valence-electron chi connectivity index (χ1n) is 9.68. The summed E-state index contributed by atoms with van der Waals surface area (Å²) in [7, 11) is 1.74. The molecule has 150 valence electrons. The highest BCUT2D eigenvalue weighted by atomic mass is 16.2. The molecule has 4 rings (SSSR count). The molecule has 0 saturated carbocycles. The number of fused-ring (bicyclic) bond motifs is 1. The number of pyridine rings is 1. The van der Waals surface area contributed by atoms with Gasteiger partial charge in [-0.25, -0.2) is 15.0 Å². The second-order valence-electron chi connectivity index (χ2n) is 7.16. The van der Waals surface area contributed by atoms with Gasteiger partial charge in [0.2, 0.25) is 11.9 Å². The molecule has 1 fully saturated rings. The van der Waals surface area contributed by atoms with E-state index in [2.05, 4.69) is 37.7 Å². The van der Waals surface area contributed by atoms with E-state index in [1.807, 2.05) is 24.3 Å². The van der Waals surface area contributed by atoms with Crippen LogP contribution in [0.2, 0.25) is 0 Å². The van der Waals surface area contributed by atoms with E-state index < -0.39 is 0 Å². The maximum absolute atomic E-state index is 11.9. The van der Waals surface area contributed by atoms with Crippen molar-refractivity contribution in [2.24, 2.45) is 0 Å². The number of amides is 1. The molecule has 1 N–H and O–H groups in total. The number of nitrogens with zero attached hydrogens (tertiary/aromatic N) is 5. The Morgan fingerprint density at radius 1 is 1.33 bits per heavy atom. The van der Waals surface area contributed by atoms with Crippen molar-refractivity contribution < 1.29 is 4.79 Å². The summed E-state index contributed by atoms with van der Waals surface area (Å²) in [5.41, 5.74) is 1.48. The molecule has 1 saturated heterocycles. The Bertz CT molecular complexity index is 1130. The van der Waals surface area contributed by atoms with Gasteiger partial charge in [0.1, 0.15) is 5.82 Å². The minimum absolute atomic E-state index is 0.144. The monoisotopic (exact) mass is 398 g/mol. The molecule has 1 aromatic carbocycles. The number of likely N-dealkylation sites (N-methyl/N-ethyl adjacent to an activating group) is 1. The molecule has 7 nitrogen and oxygen atoms in total. The molecule has 1 aliphatic heterocycles. The Balaban J connectivity index is 1.52. The number of aromatic nitrogens is 3. The van der Waals surface area contributed by atoms with E-state index in [0.29, 0.717) is 11.5 Å². The Hall–Kier alpha value is -3.92. The molecule has 1 atom stereocenters. The summed E-state index contributed by atoms with van der Waals surface area (Å²) in [4.78, 5) is 28.9. The molecule has 0 aliphatic carbocycles. The fraction of sp³-hybridized carbons (Fsp3) is 0.217. The van der Waals surface area contributed by atoms with Crippen LogP contribution in [0.5, 0.6) is 0 Å². The van der Waals surface area contributed by atoms with Crippen LogP contribution in [0.3, 0.4) is 0 Å². The number of terminal acetylenes is 1. The van der Waals surface area contributed by atoms with Gasteiger partial charge in [0.05, 0.1) is 5.56 Å². The van der Waals surface area contributed by atoms with E-state index in [0.717, 1.165) is 41.8 Å². The van der Waals surface area contributed by atoms with Crippen LogP contribution in [0.4, 0.5) is 17.5 Å². The number of hydrogen-bond acceptors (Lipinski definition) is 6. The summed E-state index contributed by atoms with van der Waals surface area (Å²) >= 11 is 0. The second-order valence-corrected chi connectivity index (χ2v) is 7.16. The van der Waals surface area contributed by atoms with Gasteiger partial charge in [-0.15, -0.1) is 6.42 Å². The number of benzene rings is 1. The number of hydrogen-bond donors (Lipinski definition) is 1. The molecule has 0 radical (unpaired) electrons. The Kier molecular flexibility index (Phi) is 5.31.